The van der Waals surface area contributed by atoms with Gasteiger partial charge < -0.3 is 9.73 Å². The molecule has 0 saturated heterocycles. The monoisotopic (exact) mass is 178 g/mol. The van der Waals surface area contributed by atoms with Crippen molar-refractivity contribution in [1.29, 1.82) is 5.26 Å². The number of nitrogens with one attached hydrogen (secondary N) is 1. The van der Waals surface area contributed by atoms with Crippen LogP contribution in [0.2, 0.25) is 0 Å². The normalized spacial score (nSPS) is 12.3. The molecule has 0 aliphatic carbocycles. The van der Waals surface area contributed by atoms with Crippen molar-refractivity contribution in [2.75, 3.05) is 6.54 Å². The molecule has 3 heteroatoms. The second-order valence-electron chi connectivity index (χ2n) is 2.87. The van der Waals surface area contributed by atoms with Crippen molar-refractivity contribution < 1.29 is 4.42 Å². The number of hydrogen-bond acceptors (Lipinski definition) is 3. The zero-order chi connectivity index (χ0) is 9.52. The predicted octanol–water partition coefficient (Wildman–Crippen LogP) is 1.71. The molecule has 0 aliphatic rings. The zero-order valence-corrected chi connectivity index (χ0v) is 7.79. The Morgan fingerprint density at radius 2 is 2.54 bits per heavy atom. The quantitative estimate of drug-likeness (QED) is 0.746. The molecule has 13 heavy (non-hydrogen) atoms. The largest absolute Gasteiger partial charge is 0.469 e. The lowest BCUT2D eigenvalue weighted by Gasteiger charge is -2.06. The Balaban J connectivity index is 2.18. The van der Waals surface area contributed by atoms with E-state index < -0.39 is 0 Å². The minimum Gasteiger partial charge on any atom is -0.469 e. The molecule has 0 saturated carbocycles. The molecule has 1 N–H and O–H groups in total. The van der Waals surface area contributed by atoms with E-state index in [0.717, 1.165) is 25.1 Å². The average molecular weight is 178 g/mol. The molecule has 0 radical (unpaired) electrons. The van der Waals surface area contributed by atoms with E-state index in [0.29, 0.717) is 0 Å². The van der Waals surface area contributed by atoms with Gasteiger partial charge in [0.25, 0.3) is 0 Å². The topological polar surface area (TPSA) is 49.0 Å². The molecule has 0 bridgehead atoms. The third-order valence-corrected chi connectivity index (χ3v) is 1.91. The summed E-state index contributed by atoms with van der Waals surface area (Å²) in [5, 5.41) is 11.8. The van der Waals surface area contributed by atoms with E-state index in [1.165, 1.54) is 0 Å². The minimum atomic E-state index is -0.0324. The van der Waals surface area contributed by atoms with Crippen LogP contribution in [-0.4, -0.2) is 12.6 Å². The van der Waals surface area contributed by atoms with Gasteiger partial charge in [-0.3, -0.25) is 0 Å². The van der Waals surface area contributed by atoms with Crippen LogP contribution in [0.25, 0.3) is 0 Å². The molecule has 1 atom stereocenters. The van der Waals surface area contributed by atoms with Crippen molar-refractivity contribution >= 4 is 0 Å². The summed E-state index contributed by atoms with van der Waals surface area (Å²) in [5.74, 6) is 0.959. The fourth-order valence-corrected chi connectivity index (χ4v) is 1.11. The Morgan fingerprint density at radius 3 is 3.08 bits per heavy atom. The van der Waals surface area contributed by atoms with Gasteiger partial charge in [0.1, 0.15) is 5.76 Å². The van der Waals surface area contributed by atoms with E-state index in [-0.39, 0.29) is 6.04 Å². The highest BCUT2D eigenvalue weighted by Crippen LogP contribution is 2.00. The van der Waals surface area contributed by atoms with Gasteiger partial charge in [0.2, 0.25) is 0 Å². The Bertz CT molecular complexity index is 261. The van der Waals surface area contributed by atoms with E-state index in [1.807, 2.05) is 19.1 Å². The molecular formula is C10H14N2O. The highest BCUT2D eigenvalue weighted by atomic mass is 16.3. The summed E-state index contributed by atoms with van der Waals surface area (Å²) in [6.07, 6.45) is 3.34. The summed E-state index contributed by atoms with van der Waals surface area (Å²) in [6, 6.07) is 5.97. The van der Waals surface area contributed by atoms with Crippen LogP contribution in [0.4, 0.5) is 0 Å². The minimum absolute atomic E-state index is 0.0324. The molecule has 70 valence electrons. The molecular weight excluding hydrogens is 164 g/mol. The third kappa shape index (κ3) is 3.30. The van der Waals surface area contributed by atoms with E-state index in [2.05, 4.69) is 11.4 Å². The molecule has 0 aliphatic heterocycles. The summed E-state index contributed by atoms with van der Waals surface area (Å²) in [5.41, 5.74) is 0. The van der Waals surface area contributed by atoms with Crippen molar-refractivity contribution in [1.82, 2.24) is 5.32 Å². The van der Waals surface area contributed by atoms with Crippen LogP contribution in [-0.2, 0) is 6.42 Å². The van der Waals surface area contributed by atoms with E-state index in [9.17, 15) is 0 Å². The number of hydrogen-bond donors (Lipinski definition) is 1. The molecule has 1 heterocycles. The molecule has 0 spiro atoms. The van der Waals surface area contributed by atoms with Gasteiger partial charge in [-0.25, -0.2) is 0 Å². The summed E-state index contributed by atoms with van der Waals surface area (Å²) < 4.78 is 5.16. The predicted molar refractivity (Wildman–Crippen MR) is 50.1 cm³/mol. The lowest BCUT2D eigenvalue weighted by atomic mass is 10.2. The van der Waals surface area contributed by atoms with Crippen LogP contribution >= 0.6 is 0 Å². The smallest absolute Gasteiger partial charge is 0.105 e. The molecule has 0 aromatic carbocycles. The van der Waals surface area contributed by atoms with Gasteiger partial charge in [-0.15, -0.1) is 0 Å². The van der Waals surface area contributed by atoms with Crippen molar-refractivity contribution in [3.8, 4) is 6.07 Å². The van der Waals surface area contributed by atoms with E-state index >= 15 is 0 Å². The first-order valence-electron chi connectivity index (χ1n) is 4.52. The van der Waals surface area contributed by atoms with Gasteiger partial charge in [-0.05, 0) is 18.6 Å². The average Bonchev–Trinajstić information content (AvgIpc) is 2.65. The molecule has 1 rings (SSSR count). The number of furan rings is 1. The highest BCUT2D eigenvalue weighted by molar-refractivity contribution is 4.99. The molecule has 0 fully saturated rings. The van der Waals surface area contributed by atoms with Crippen molar-refractivity contribution in [2.45, 2.75) is 25.8 Å². The van der Waals surface area contributed by atoms with Gasteiger partial charge in [0.15, 0.2) is 0 Å². The maximum Gasteiger partial charge on any atom is 0.105 e. The summed E-state index contributed by atoms with van der Waals surface area (Å²) in [7, 11) is 0. The van der Waals surface area contributed by atoms with Crippen LogP contribution in [0.1, 0.15) is 19.1 Å². The fraction of sp³-hybridized carbons (Fsp3) is 0.500. The second-order valence-corrected chi connectivity index (χ2v) is 2.87. The molecule has 1 aromatic heterocycles. The first kappa shape index (κ1) is 9.82. The van der Waals surface area contributed by atoms with E-state index in [1.54, 1.807) is 6.26 Å². The first-order chi connectivity index (χ1) is 6.36. The van der Waals surface area contributed by atoms with Crippen molar-refractivity contribution in [3.63, 3.8) is 0 Å². The van der Waals surface area contributed by atoms with Gasteiger partial charge in [-0.1, -0.05) is 6.92 Å². The maximum absolute atomic E-state index is 8.65. The van der Waals surface area contributed by atoms with Crippen LogP contribution in [0, 0.1) is 11.3 Å². The second kappa shape index (κ2) is 5.39. The zero-order valence-electron chi connectivity index (χ0n) is 7.79. The van der Waals surface area contributed by atoms with Crippen LogP contribution in [0.5, 0.6) is 0 Å². The first-order valence-corrected chi connectivity index (χ1v) is 4.52. The van der Waals surface area contributed by atoms with Gasteiger partial charge in [0, 0.05) is 13.0 Å². The standard InChI is InChI=1S/C10H14N2O/c1-2-9(8-11)12-6-5-10-4-3-7-13-10/h3-4,7,9,12H,2,5-6H2,1H3. The summed E-state index contributed by atoms with van der Waals surface area (Å²) in [4.78, 5) is 0. The Morgan fingerprint density at radius 1 is 1.69 bits per heavy atom. The van der Waals surface area contributed by atoms with Crippen molar-refractivity contribution in [2.24, 2.45) is 0 Å². The lowest BCUT2D eigenvalue weighted by molar-refractivity contribution is 0.489. The van der Waals surface area contributed by atoms with E-state index in [4.69, 9.17) is 9.68 Å². The number of rotatable bonds is 5. The summed E-state index contributed by atoms with van der Waals surface area (Å²) in [6.45, 7) is 2.79. The fourth-order valence-electron chi connectivity index (χ4n) is 1.11. The number of nitriles is 1. The van der Waals surface area contributed by atoms with Crippen molar-refractivity contribution in [3.05, 3.63) is 24.2 Å². The van der Waals surface area contributed by atoms with Gasteiger partial charge >= 0.3 is 0 Å². The highest BCUT2D eigenvalue weighted by Gasteiger charge is 2.02. The molecule has 1 unspecified atom stereocenters. The van der Waals surface area contributed by atoms with Gasteiger partial charge in [-0.2, -0.15) is 5.26 Å². The Hall–Kier alpha value is -1.27. The molecule has 3 nitrogen and oxygen atoms in total. The Labute approximate surface area is 78.4 Å². The van der Waals surface area contributed by atoms with Crippen LogP contribution in [0.15, 0.2) is 22.8 Å². The van der Waals surface area contributed by atoms with Gasteiger partial charge in [0.05, 0.1) is 18.4 Å². The molecule has 0 amide bonds. The van der Waals surface area contributed by atoms with Crippen LogP contribution in [0.3, 0.4) is 0 Å². The van der Waals surface area contributed by atoms with Crippen LogP contribution < -0.4 is 5.32 Å². The third-order valence-electron chi connectivity index (χ3n) is 1.91. The summed E-state index contributed by atoms with van der Waals surface area (Å²) >= 11 is 0. The number of nitrogens with zero attached hydrogens (tertiary/aromatic N) is 1. The SMILES string of the molecule is CCC(C#N)NCCc1ccco1. The maximum atomic E-state index is 8.65. The Kier molecular flexibility index (Phi) is 4.07. The molecule has 1 aromatic rings. The lowest BCUT2D eigenvalue weighted by Crippen LogP contribution is -2.28.